The molecule has 0 atom stereocenters. The molecular formula is C16H15NOS. The number of rotatable bonds is 4. The number of hydrogen-bond acceptors (Lipinski definition) is 2. The second-order valence-corrected chi connectivity index (χ2v) is 4.95. The summed E-state index contributed by atoms with van der Waals surface area (Å²) in [6, 6.07) is 19.6. The van der Waals surface area contributed by atoms with Crippen LogP contribution in [0.25, 0.3) is 0 Å². The first-order valence-corrected chi connectivity index (χ1v) is 6.86. The number of nitrogens with zero attached hydrogens (tertiary/aromatic N) is 1. The van der Waals surface area contributed by atoms with Gasteiger partial charge in [0.1, 0.15) is 0 Å². The third-order valence-corrected chi connectivity index (χ3v) is 3.45. The van der Waals surface area contributed by atoms with Crippen LogP contribution in [-0.4, -0.2) is 13.0 Å². The first-order chi connectivity index (χ1) is 9.27. The van der Waals surface area contributed by atoms with Crippen LogP contribution < -0.4 is 4.90 Å². The van der Waals surface area contributed by atoms with Crippen LogP contribution in [0.4, 0.5) is 5.69 Å². The number of benzene rings is 2. The van der Waals surface area contributed by atoms with E-state index in [1.54, 1.807) is 18.0 Å². The normalized spacial score (nSPS) is 10.6. The van der Waals surface area contributed by atoms with E-state index < -0.39 is 0 Å². The van der Waals surface area contributed by atoms with E-state index in [1.165, 1.54) is 11.8 Å². The molecule has 0 aliphatic rings. The zero-order chi connectivity index (χ0) is 13.5. The third-order valence-electron chi connectivity index (χ3n) is 2.63. The Kier molecular flexibility index (Phi) is 4.81. The van der Waals surface area contributed by atoms with Crippen molar-refractivity contribution in [3.8, 4) is 0 Å². The Hall–Kier alpha value is -2.00. The minimum absolute atomic E-state index is 0.0327. The lowest BCUT2D eigenvalue weighted by atomic mass is 10.3. The Balaban J connectivity index is 1.94. The Labute approximate surface area is 117 Å². The average molecular weight is 269 g/mol. The predicted octanol–water partition coefficient (Wildman–Crippen LogP) is 3.96. The molecule has 0 aromatic heterocycles. The van der Waals surface area contributed by atoms with E-state index in [4.69, 9.17) is 0 Å². The molecule has 2 rings (SSSR count). The van der Waals surface area contributed by atoms with Crippen molar-refractivity contribution in [2.45, 2.75) is 4.90 Å². The summed E-state index contributed by atoms with van der Waals surface area (Å²) in [4.78, 5) is 14.7. The fraction of sp³-hybridized carbons (Fsp3) is 0.0625. The molecule has 19 heavy (non-hydrogen) atoms. The molecule has 0 spiro atoms. The highest BCUT2D eigenvalue weighted by atomic mass is 32.2. The van der Waals surface area contributed by atoms with Gasteiger partial charge in [-0.1, -0.05) is 48.2 Å². The Morgan fingerprint density at radius 3 is 2.21 bits per heavy atom. The van der Waals surface area contributed by atoms with Crippen LogP contribution in [0.5, 0.6) is 0 Å². The Morgan fingerprint density at radius 2 is 1.58 bits per heavy atom. The van der Waals surface area contributed by atoms with Gasteiger partial charge in [-0.25, -0.2) is 0 Å². The molecule has 0 N–H and O–H groups in total. The molecule has 0 unspecified atom stereocenters. The average Bonchev–Trinajstić information content (AvgIpc) is 2.48. The number of thioether (sulfide) groups is 1. The maximum absolute atomic E-state index is 12.0. The molecule has 0 saturated heterocycles. The topological polar surface area (TPSA) is 20.3 Å². The van der Waals surface area contributed by atoms with E-state index in [9.17, 15) is 4.79 Å². The smallest absolute Gasteiger partial charge is 0.251 e. The van der Waals surface area contributed by atoms with Gasteiger partial charge in [0.05, 0.1) is 0 Å². The van der Waals surface area contributed by atoms with Gasteiger partial charge in [-0.3, -0.25) is 4.79 Å². The largest absolute Gasteiger partial charge is 0.312 e. The molecule has 2 aromatic carbocycles. The maximum Gasteiger partial charge on any atom is 0.251 e. The summed E-state index contributed by atoms with van der Waals surface area (Å²) in [7, 11) is 1.77. The highest BCUT2D eigenvalue weighted by Gasteiger charge is 2.06. The predicted molar refractivity (Wildman–Crippen MR) is 81.3 cm³/mol. The minimum Gasteiger partial charge on any atom is -0.312 e. The molecule has 1 amide bonds. The first kappa shape index (κ1) is 13.4. The lowest BCUT2D eigenvalue weighted by molar-refractivity contribution is -0.113. The van der Waals surface area contributed by atoms with Crippen molar-refractivity contribution in [3.63, 3.8) is 0 Å². The molecule has 96 valence electrons. The lowest BCUT2D eigenvalue weighted by Crippen LogP contribution is -2.23. The zero-order valence-corrected chi connectivity index (χ0v) is 11.5. The van der Waals surface area contributed by atoms with Crippen LogP contribution in [0.15, 0.2) is 77.0 Å². The highest BCUT2D eigenvalue weighted by Crippen LogP contribution is 2.18. The molecule has 0 bridgehead atoms. The van der Waals surface area contributed by atoms with Crippen LogP contribution in [0.2, 0.25) is 0 Å². The summed E-state index contributed by atoms with van der Waals surface area (Å²) in [5.41, 5.74) is 0.891. The standard InChI is InChI=1S/C16H15NOS/c1-17(14-8-4-2-5-9-14)16(18)12-13-19-15-10-6-3-7-11-15/h2-13H,1H3/b13-12+. The first-order valence-electron chi connectivity index (χ1n) is 5.98. The second-order valence-electron chi connectivity index (χ2n) is 3.97. The van der Waals surface area contributed by atoms with Crippen LogP contribution >= 0.6 is 11.8 Å². The minimum atomic E-state index is -0.0327. The van der Waals surface area contributed by atoms with Crippen molar-refractivity contribution < 1.29 is 4.79 Å². The number of carbonyl (C=O) groups is 1. The van der Waals surface area contributed by atoms with Crippen molar-refractivity contribution in [2.24, 2.45) is 0 Å². The molecule has 2 aromatic rings. The fourth-order valence-corrected chi connectivity index (χ4v) is 2.22. The molecular weight excluding hydrogens is 254 g/mol. The van der Waals surface area contributed by atoms with Crippen LogP contribution in [-0.2, 0) is 4.79 Å². The van der Waals surface area contributed by atoms with Gasteiger partial charge in [-0.05, 0) is 29.7 Å². The molecule has 2 nitrogen and oxygen atoms in total. The van der Waals surface area contributed by atoms with Crippen molar-refractivity contribution >= 4 is 23.4 Å². The maximum atomic E-state index is 12.0. The van der Waals surface area contributed by atoms with Gasteiger partial charge in [0.25, 0.3) is 5.91 Å². The van der Waals surface area contributed by atoms with E-state index in [1.807, 2.05) is 66.1 Å². The van der Waals surface area contributed by atoms with Gasteiger partial charge in [-0.15, -0.1) is 0 Å². The zero-order valence-electron chi connectivity index (χ0n) is 10.7. The molecule has 0 fully saturated rings. The monoisotopic (exact) mass is 269 g/mol. The van der Waals surface area contributed by atoms with Crippen LogP contribution in [0, 0.1) is 0 Å². The molecule has 3 heteroatoms. The number of likely N-dealkylation sites (N-methyl/N-ethyl adjacent to an activating group) is 1. The number of hydrogen-bond donors (Lipinski definition) is 0. The van der Waals surface area contributed by atoms with Gasteiger partial charge < -0.3 is 4.90 Å². The third kappa shape index (κ3) is 4.00. The Morgan fingerprint density at radius 1 is 1.00 bits per heavy atom. The lowest BCUT2D eigenvalue weighted by Gasteiger charge is -2.14. The highest BCUT2D eigenvalue weighted by molar-refractivity contribution is 8.02. The molecule has 0 heterocycles. The van der Waals surface area contributed by atoms with E-state index in [0.29, 0.717) is 0 Å². The number of para-hydroxylation sites is 1. The SMILES string of the molecule is CN(C(=O)/C=C/Sc1ccccc1)c1ccccc1. The molecule has 0 aliphatic heterocycles. The van der Waals surface area contributed by atoms with Gasteiger partial charge in [0.15, 0.2) is 0 Å². The van der Waals surface area contributed by atoms with Gasteiger partial charge >= 0.3 is 0 Å². The van der Waals surface area contributed by atoms with Crippen LogP contribution in [0.3, 0.4) is 0 Å². The summed E-state index contributed by atoms with van der Waals surface area (Å²) >= 11 is 1.53. The Bertz CT molecular complexity index is 551. The van der Waals surface area contributed by atoms with Gasteiger partial charge in [0, 0.05) is 23.7 Å². The van der Waals surface area contributed by atoms with Crippen molar-refractivity contribution in [2.75, 3.05) is 11.9 Å². The summed E-state index contributed by atoms with van der Waals surface area (Å²) in [6.45, 7) is 0. The quantitative estimate of drug-likeness (QED) is 0.618. The van der Waals surface area contributed by atoms with Gasteiger partial charge in [-0.2, -0.15) is 0 Å². The summed E-state index contributed by atoms with van der Waals surface area (Å²) in [5, 5.41) is 1.82. The second kappa shape index (κ2) is 6.81. The van der Waals surface area contributed by atoms with E-state index in [-0.39, 0.29) is 5.91 Å². The summed E-state index contributed by atoms with van der Waals surface area (Å²) in [6.07, 6.45) is 1.59. The van der Waals surface area contributed by atoms with E-state index >= 15 is 0 Å². The number of anilines is 1. The molecule has 0 aliphatic carbocycles. The van der Waals surface area contributed by atoms with Crippen molar-refractivity contribution in [1.29, 1.82) is 0 Å². The fourth-order valence-electron chi connectivity index (χ4n) is 1.56. The number of carbonyl (C=O) groups excluding carboxylic acids is 1. The van der Waals surface area contributed by atoms with E-state index in [2.05, 4.69) is 0 Å². The number of amides is 1. The van der Waals surface area contributed by atoms with Crippen molar-refractivity contribution in [1.82, 2.24) is 0 Å². The van der Waals surface area contributed by atoms with Crippen molar-refractivity contribution in [3.05, 3.63) is 72.1 Å². The van der Waals surface area contributed by atoms with Crippen LogP contribution in [0.1, 0.15) is 0 Å². The summed E-state index contributed by atoms with van der Waals surface area (Å²) < 4.78 is 0. The summed E-state index contributed by atoms with van der Waals surface area (Å²) in [5.74, 6) is -0.0327. The van der Waals surface area contributed by atoms with Gasteiger partial charge in [0.2, 0.25) is 0 Å². The van der Waals surface area contributed by atoms with E-state index in [0.717, 1.165) is 10.6 Å². The molecule has 0 radical (unpaired) electrons. The molecule has 0 saturated carbocycles.